The molecule has 3 nitrogen and oxygen atoms in total. The molecule has 0 radical (unpaired) electrons. The fraction of sp³-hybridized carbons (Fsp3) is 0.333. The molecular weight excluding hydrogens is 187 g/mol. The van der Waals surface area contributed by atoms with E-state index in [1.54, 1.807) is 0 Å². The maximum Gasteiger partial charge on any atom is 0.508 e. The molecule has 0 aliphatic rings. The van der Waals surface area contributed by atoms with Crippen LogP contribution in [0.2, 0.25) is 0 Å². The van der Waals surface area contributed by atoms with Gasteiger partial charge in [0.1, 0.15) is 6.10 Å². The normalized spacial score (nSPS) is 13.8. The zero-order valence-corrected chi connectivity index (χ0v) is 8.28. The van der Waals surface area contributed by atoms with Crippen LogP contribution in [0.4, 0.5) is 0 Å². The van der Waals surface area contributed by atoms with Gasteiger partial charge in [-0.2, -0.15) is 4.89 Å². The maximum absolute atomic E-state index is 10.6. The molecule has 2 atom stereocenters. The zero-order valence-electron chi connectivity index (χ0n) is 7.38. The molecule has 0 saturated carbocycles. The number of benzene rings is 1. The fourth-order valence-electron chi connectivity index (χ4n) is 1.13. The minimum atomic E-state index is -2.14. The van der Waals surface area contributed by atoms with E-state index in [0.717, 1.165) is 5.56 Å². The van der Waals surface area contributed by atoms with Crippen LogP contribution in [0.3, 0.4) is 0 Å². The van der Waals surface area contributed by atoms with E-state index in [0.29, 0.717) is 0 Å². The minimum absolute atomic E-state index is 0.149. The Hall–Kier alpha value is -0.760. The molecule has 0 fully saturated rings. The van der Waals surface area contributed by atoms with Gasteiger partial charge < -0.3 is 4.74 Å². The predicted octanol–water partition coefficient (Wildman–Crippen LogP) is 2.11. The molecule has 0 amide bonds. The molecule has 0 saturated heterocycles. The molecular formula is C9H12O3P+. The van der Waals surface area contributed by atoms with Crippen molar-refractivity contribution in [2.24, 2.45) is 0 Å². The molecule has 1 aromatic rings. The van der Waals surface area contributed by atoms with E-state index >= 15 is 0 Å². The Balaban J connectivity index is 2.73. The van der Waals surface area contributed by atoms with Gasteiger partial charge in [0.25, 0.3) is 0 Å². The molecule has 0 heterocycles. The molecule has 2 unspecified atom stereocenters. The van der Waals surface area contributed by atoms with Crippen molar-refractivity contribution in [3.63, 3.8) is 0 Å². The van der Waals surface area contributed by atoms with Gasteiger partial charge in [0.2, 0.25) is 6.16 Å². The van der Waals surface area contributed by atoms with Gasteiger partial charge in [-0.3, -0.25) is 0 Å². The molecule has 1 N–H and O–H groups in total. The largest absolute Gasteiger partial charge is 0.508 e. The van der Waals surface area contributed by atoms with Crippen LogP contribution in [-0.4, -0.2) is 18.2 Å². The molecule has 0 aliphatic heterocycles. The molecule has 70 valence electrons. The SMILES string of the molecule is COC(C[P+](=O)O)c1ccccc1. The average molecular weight is 199 g/mol. The Bertz CT molecular complexity index is 273. The van der Waals surface area contributed by atoms with Crippen LogP contribution < -0.4 is 0 Å². The highest BCUT2D eigenvalue weighted by molar-refractivity contribution is 7.38. The summed E-state index contributed by atoms with van der Waals surface area (Å²) in [7, 11) is -0.606. The predicted molar refractivity (Wildman–Crippen MR) is 50.9 cm³/mol. The Morgan fingerprint density at radius 2 is 2.08 bits per heavy atom. The van der Waals surface area contributed by atoms with Gasteiger partial charge >= 0.3 is 8.03 Å². The van der Waals surface area contributed by atoms with Crippen molar-refractivity contribution in [2.45, 2.75) is 6.10 Å². The van der Waals surface area contributed by atoms with Crippen molar-refractivity contribution in [3.05, 3.63) is 35.9 Å². The topological polar surface area (TPSA) is 46.5 Å². The Morgan fingerprint density at radius 1 is 1.46 bits per heavy atom. The van der Waals surface area contributed by atoms with Gasteiger partial charge in [-0.25, -0.2) is 0 Å². The third-order valence-corrected chi connectivity index (χ3v) is 2.42. The van der Waals surface area contributed by atoms with Crippen LogP contribution in [-0.2, 0) is 9.30 Å². The summed E-state index contributed by atoms with van der Waals surface area (Å²) >= 11 is 0. The van der Waals surface area contributed by atoms with Crippen LogP contribution in [0, 0.1) is 0 Å². The van der Waals surface area contributed by atoms with E-state index in [1.165, 1.54) is 7.11 Å². The summed E-state index contributed by atoms with van der Waals surface area (Å²) in [6, 6.07) is 9.42. The van der Waals surface area contributed by atoms with E-state index in [1.807, 2.05) is 30.3 Å². The molecule has 1 aromatic carbocycles. The minimum Gasteiger partial charge on any atom is -0.372 e. The van der Waals surface area contributed by atoms with Crippen molar-refractivity contribution < 1.29 is 14.2 Å². The van der Waals surface area contributed by atoms with Crippen LogP contribution in [0.1, 0.15) is 11.7 Å². The monoisotopic (exact) mass is 199 g/mol. The van der Waals surface area contributed by atoms with Crippen LogP contribution >= 0.6 is 8.03 Å². The van der Waals surface area contributed by atoms with E-state index in [9.17, 15) is 4.57 Å². The average Bonchev–Trinajstić information content (AvgIpc) is 2.15. The highest BCUT2D eigenvalue weighted by Gasteiger charge is 2.22. The number of rotatable bonds is 4. The summed E-state index contributed by atoms with van der Waals surface area (Å²) in [5, 5.41) is 0. The first-order valence-corrected chi connectivity index (χ1v) is 5.35. The summed E-state index contributed by atoms with van der Waals surface area (Å²) in [5.74, 6) is 0. The number of ether oxygens (including phenoxy) is 1. The van der Waals surface area contributed by atoms with E-state index in [2.05, 4.69) is 0 Å². The first-order chi connectivity index (χ1) is 6.24. The lowest BCUT2D eigenvalue weighted by Gasteiger charge is -2.08. The van der Waals surface area contributed by atoms with Crippen molar-refractivity contribution in [1.29, 1.82) is 0 Å². The second kappa shape index (κ2) is 5.07. The molecule has 0 spiro atoms. The molecule has 13 heavy (non-hydrogen) atoms. The second-order valence-electron chi connectivity index (χ2n) is 2.67. The Kier molecular flexibility index (Phi) is 4.03. The van der Waals surface area contributed by atoms with Crippen molar-refractivity contribution in [3.8, 4) is 0 Å². The smallest absolute Gasteiger partial charge is 0.372 e. The summed E-state index contributed by atoms with van der Waals surface area (Å²) in [6.07, 6.45) is -0.134. The number of methoxy groups -OCH3 is 1. The lowest BCUT2D eigenvalue weighted by Crippen LogP contribution is -2.03. The van der Waals surface area contributed by atoms with Crippen LogP contribution in [0.25, 0.3) is 0 Å². The highest BCUT2D eigenvalue weighted by atomic mass is 31.1. The standard InChI is InChI=1S/C9H11O3P/c1-12-9(7-13(10)11)8-5-3-2-4-6-8/h2-6,9H,7H2,1H3/p+1. The first-order valence-electron chi connectivity index (χ1n) is 3.95. The molecule has 0 aliphatic carbocycles. The quantitative estimate of drug-likeness (QED) is 0.755. The van der Waals surface area contributed by atoms with Crippen molar-refractivity contribution in [1.82, 2.24) is 0 Å². The maximum atomic E-state index is 10.6. The molecule has 0 bridgehead atoms. The van der Waals surface area contributed by atoms with Gasteiger partial charge in [-0.1, -0.05) is 30.3 Å². The highest BCUT2D eigenvalue weighted by Crippen LogP contribution is 2.26. The summed E-state index contributed by atoms with van der Waals surface area (Å²) < 4.78 is 15.7. The van der Waals surface area contributed by atoms with Crippen molar-refractivity contribution >= 4 is 8.03 Å². The molecule has 0 aromatic heterocycles. The summed E-state index contributed by atoms with van der Waals surface area (Å²) in [4.78, 5) is 8.74. The van der Waals surface area contributed by atoms with Gasteiger partial charge in [0.15, 0.2) is 0 Å². The molecule has 1 rings (SSSR count). The van der Waals surface area contributed by atoms with Gasteiger partial charge in [0.05, 0.1) is 0 Å². The lowest BCUT2D eigenvalue weighted by atomic mass is 10.1. The van der Waals surface area contributed by atoms with Crippen LogP contribution in [0.5, 0.6) is 0 Å². The third kappa shape index (κ3) is 3.23. The van der Waals surface area contributed by atoms with Gasteiger partial charge in [-0.15, -0.1) is 0 Å². The van der Waals surface area contributed by atoms with E-state index in [4.69, 9.17) is 9.63 Å². The Labute approximate surface area is 78.2 Å². The summed E-state index contributed by atoms with van der Waals surface area (Å²) in [6.45, 7) is 0. The van der Waals surface area contributed by atoms with Crippen molar-refractivity contribution in [2.75, 3.05) is 13.3 Å². The summed E-state index contributed by atoms with van der Waals surface area (Å²) in [5.41, 5.74) is 0.933. The van der Waals surface area contributed by atoms with Gasteiger partial charge in [0, 0.05) is 7.11 Å². The van der Waals surface area contributed by atoms with E-state index in [-0.39, 0.29) is 12.3 Å². The lowest BCUT2D eigenvalue weighted by molar-refractivity contribution is 0.120. The zero-order chi connectivity index (χ0) is 9.68. The third-order valence-electron chi connectivity index (χ3n) is 1.78. The molecule has 4 heteroatoms. The first kappa shape index (κ1) is 10.3. The second-order valence-corrected chi connectivity index (χ2v) is 3.74. The Morgan fingerprint density at radius 3 is 2.54 bits per heavy atom. The fourth-order valence-corrected chi connectivity index (χ4v) is 1.77. The van der Waals surface area contributed by atoms with E-state index < -0.39 is 8.03 Å². The number of hydrogen-bond acceptors (Lipinski definition) is 2. The van der Waals surface area contributed by atoms with Crippen LogP contribution in [0.15, 0.2) is 30.3 Å². The van der Waals surface area contributed by atoms with Gasteiger partial charge in [-0.05, 0) is 10.1 Å². The number of hydrogen-bond donors (Lipinski definition) is 1.